The molecule has 4 rings (SSSR count). The van der Waals surface area contributed by atoms with E-state index in [-0.39, 0.29) is 0 Å². The lowest BCUT2D eigenvalue weighted by atomic mass is 10.2. The van der Waals surface area contributed by atoms with Gasteiger partial charge in [0.25, 0.3) is 0 Å². The molecule has 2 aromatic heterocycles. The first kappa shape index (κ1) is 15.5. The summed E-state index contributed by atoms with van der Waals surface area (Å²) in [6, 6.07) is 15.6. The van der Waals surface area contributed by atoms with E-state index in [1.165, 1.54) is 11.3 Å². The molecule has 0 spiro atoms. The Labute approximate surface area is 155 Å². The van der Waals surface area contributed by atoms with Gasteiger partial charge in [0.15, 0.2) is 5.82 Å². The van der Waals surface area contributed by atoms with Crippen molar-refractivity contribution in [1.29, 1.82) is 0 Å². The Hall–Kier alpha value is -2.02. The summed E-state index contributed by atoms with van der Waals surface area (Å²) >= 11 is 11.2. The number of nitrogens with zero attached hydrogens (tertiary/aromatic N) is 4. The predicted molar refractivity (Wildman–Crippen MR) is 102 cm³/mol. The fraction of sp³-hybridized carbons (Fsp3) is 0. The minimum atomic E-state index is 0.714. The van der Waals surface area contributed by atoms with Crippen LogP contribution in [0.15, 0.2) is 53.0 Å². The number of hydrogen-bond donors (Lipinski definition) is 0. The van der Waals surface area contributed by atoms with Crippen LogP contribution in [0.5, 0.6) is 0 Å². The Kier molecular flexibility index (Phi) is 4.18. The van der Waals surface area contributed by atoms with Crippen molar-refractivity contribution in [1.82, 2.24) is 19.8 Å². The zero-order valence-corrected chi connectivity index (χ0v) is 15.4. The van der Waals surface area contributed by atoms with E-state index < -0.39 is 0 Å². The van der Waals surface area contributed by atoms with Gasteiger partial charge in [0.05, 0.1) is 0 Å². The molecule has 0 saturated carbocycles. The number of halogens is 2. The van der Waals surface area contributed by atoms with Crippen LogP contribution in [0.4, 0.5) is 0 Å². The van der Waals surface area contributed by atoms with E-state index in [1.807, 2.05) is 60.7 Å². The van der Waals surface area contributed by atoms with Crippen LogP contribution in [0.2, 0.25) is 5.02 Å². The van der Waals surface area contributed by atoms with Gasteiger partial charge in [-0.2, -0.15) is 9.61 Å². The number of fused-ring (bicyclic) bond motifs is 1. The van der Waals surface area contributed by atoms with Crippen LogP contribution in [-0.4, -0.2) is 19.8 Å². The Morgan fingerprint density at radius 2 is 1.79 bits per heavy atom. The molecular weight excluding hydrogens is 408 g/mol. The van der Waals surface area contributed by atoms with Crippen LogP contribution in [0.25, 0.3) is 28.5 Å². The van der Waals surface area contributed by atoms with Crippen molar-refractivity contribution < 1.29 is 0 Å². The molecule has 0 fully saturated rings. The third kappa shape index (κ3) is 2.88. The zero-order chi connectivity index (χ0) is 16.5. The molecule has 2 heterocycles. The van der Waals surface area contributed by atoms with Gasteiger partial charge in [-0.3, -0.25) is 0 Å². The third-order valence-electron chi connectivity index (χ3n) is 3.43. The van der Waals surface area contributed by atoms with E-state index in [9.17, 15) is 0 Å². The van der Waals surface area contributed by atoms with Gasteiger partial charge in [-0.25, -0.2) is 0 Å². The summed E-state index contributed by atoms with van der Waals surface area (Å²) in [5.74, 6) is 0.714. The first-order valence-electron chi connectivity index (χ1n) is 7.12. The highest BCUT2D eigenvalue weighted by molar-refractivity contribution is 9.10. The number of rotatable bonds is 3. The Morgan fingerprint density at radius 3 is 2.62 bits per heavy atom. The summed E-state index contributed by atoms with van der Waals surface area (Å²) in [5, 5.41) is 14.6. The van der Waals surface area contributed by atoms with E-state index in [2.05, 4.69) is 31.2 Å². The monoisotopic (exact) mass is 416 g/mol. The van der Waals surface area contributed by atoms with Crippen LogP contribution in [0, 0.1) is 0 Å². The highest BCUT2D eigenvalue weighted by Crippen LogP contribution is 2.28. The largest absolute Gasteiger partial charge is 0.235 e. The van der Waals surface area contributed by atoms with Gasteiger partial charge >= 0.3 is 0 Å². The van der Waals surface area contributed by atoms with Gasteiger partial charge in [0.1, 0.15) is 5.01 Å². The van der Waals surface area contributed by atoms with Crippen LogP contribution in [0.1, 0.15) is 10.6 Å². The van der Waals surface area contributed by atoms with Crippen LogP contribution >= 0.6 is 38.9 Å². The lowest BCUT2D eigenvalue weighted by Gasteiger charge is -1.99. The van der Waals surface area contributed by atoms with E-state index >= 15 is 0 Å². The normalized spacial score (nSPS) is 11.6. The van der Waals surface area contributed by atoms with Crippen molar-refractivity contribution >= 4 is 56.0 Å². The predicted octanol–water partition coefficient (Wildman–Crippen LogP) is 5.44. The minimum absolute atomic E-state index is 0.714. The van der Waals surface area contributed by atoms with Crippen molar-refractivity contribution in [2.45, 2.75) is 0 Å². The number of aromatic nitrogens is 4. The van der Waals surface area contributed by atoms with Gasteiger partial charge in [-0.1, -0.05) is 75.3 Å². The molecule has 4 nitrogen and oxygen atoms in total. The summed E-state index contributed by atoms with van der Waals surface area (Å²) < 4.78 is 2.72. The summed E-state index contributed by atoms with van der Waals surface area (Å²) in [6.45, 7) is 0. The van der Waals surface area contributed by atoms with E-state index in [0.29, 0.717) is 10.8 Å². The lowest BCUT2D eigenvalue weighted by molar-refractivity contribution is 0.959. The molecule has 0 unspecified atom stereocenters. The van der Waals surface area contributed by atoms with Gasteiger partial charge in [-0.15, -0.1) is 10.2 Å². The summed E-state index contributed by atoms with van der Waals surface area (Å²) in [4.78, 5) is 0.750. The highest BCUT2D eigenvalue weighted by atomic mass is 79.9. The highest BCUT2D eigenvalue weighted by Gasteiger charge is 2.14. The summed E-state index contributed by atoms with van der Waals surface area (Å²) in [6.07, 6.45) is 3.89. The molecule has 118 valence electrons. The standard InChI is InChI=1S/C17H10BrClN4S/c18-13-7-3-2-6-12(13)16-20-21-17-23(16)22-15(24-17)10-9-11-5-1-4-8-14(11)19/h1-10H/b10-9+. The quantitative estimate of drug-likeness (QED) is 0.446. The smallest absolute Gasteiger partial charge is 0.182 e. The second kappa shape index (κ2) is 6.47. The molecule has 0 amide bonds. The van der Waals surface area contributed by atoms with Gasteiger partial charge in [0.2, 0.25) is 4.96 Å². The first-order chi connectivity index (χ1) is 11.7. The molecule has 4 aromatic rings. The van der Waals surface area contributed by atoms with Crippen molar-refractivity contribution in [3.8, 4) is 11.4 Å². The van der Waals surface area contributed by atoms with E-state index in [0.717, 1.165) is 25.6 Å². The van der Waals surface area contributed by atoms with Gasteiger partial charge in [-0.05, 0) is 29.8 Å². The maximum atomic E-state index is 6.17. The second-order valence-electron chi connectivity index (χ2n) is 4.99. The third-order valence-corrected chi connectivity index (χ3v) is 5.33. The average molecular weight is 418 g/mol. The summed E-state index contributed by atoms with van der Waals surface area (Å²) in [7, 11) is 0. The molecule has 0 N–H and O–H groups in total. The molecule has 0 aliphatic heterocycles. The minimum Gasteiger partial charge on any atom is -0.182 e. The molecule has 0 saturated heterocycles. The maximum absolute atomic E-state index is 6.17. The molecule has 24 heavy (non-hydrogen) atoms. The van der Waals surface area contributed by atoms with Gasteiger partial charge in [0, 0.05) is 15.1 Å². The molecule has 0 radical (unpaired) electrons. The van der Waals surface area contributed by atoms with Crippen molar-refractivity contribution in [2.75, 3.05) is 0 Å². The molecule has 0 aliphatic carbocycles. The fourth-order valence-corrected chi connectivity index (χ4v) is 3.68. The molecule has 7 heteroatoms. The molecule has 0 bridgehead atoms. The van der Waals surface area contributed by atoms with Crippen molar-refractivity contribution in [3.05, 3.63) is 68.6 Å². The topological polar surface area (TPSA) is 43.1 Å². The molecule has 0 atom stereocenters. The Bertz CT molecular complexity index is 1050. The van der Waals surface area contributed by atoms with Gasteiger partial charge < -0.3 is 0 Å². The van der Waals surface area contributed by atoms with Crippen LogP contribution in [0.3, 0.4) is 0 Å². The SMILES string of the molecule is Clc1ccccc1/C=C/c1nn2c(-c3ccccc3Br)nnc2s1. The van der Waals surface area contributed by atoms with Crippen LogP contribution in [-0.2, 0) is 0 Å². The summed E-state index contributed by atoms with van der Waals surface area (Å²) in [5.41, 5.74) is 1.91. The number of hydrogen-bond acceptors (Lipinski definition) is 4. The number of benzene rings is 2. The van der Waals surface area contributed by atoms with Crippen molar-refractivity contribution in [3.63, 3.8) is 0 Å². The van der Waals surface area contributed by atoms with E-state index in [4.69, 9.17) is 11.6 Å². The first-order valence-corrected chi connectivity index (χ1v) is 9.11. The second-order valence-corrected chi connectivity index (χ2v) is 7.24. The van der Waals surface area contributed by atoms with Crippen molar-refractivity contribution in [2.24, 2.45) is 0 Å². The zero-order valence-electron chi connectivity index (χ0n) is 12.2. The van der Waals surface area contributed by atoms with Crippen LogP contribution < -0.4 is 0 Å². The molecule has 2 aromatic carbocycles. The maximum Gasteiger partial charge on any atom is 0.235 e. The van der Waals surface area contributed by atoms with E-state index in [1.54, 1.807) is 4.52 Å². The molecular formula is C17H10BrClN4S. The Morgan fingerprint density at radius 1 is 1.00 bits per heavy atom. The molecule has 0 aliphatic rings. The fourth-order valence-electron chi connectivity index (χ4n) is 2.28. The Balaban J connectivity index is 1.73. The lowest BCUT2D eigenvalue weighted by Crippen LogP contribution is -1.91. The average Bonchev–Trinajstić information content (AvgIpc) is 3.15.